The fourth-order valence-electron chi connectivity index (χ4n) is 2.49. The zero-order chi connectivity index (χ0) is 14.5. The molecular weight excluding hydrogens is 282 g/mol. The van der Waals surface area contributed by atoms with Gasteiger partial charge in [0.25, 0.3) is 0 Å². The molecule has 0 amide bonds. The molecule has 1 aliphatic rings. The van der Waals surface area contributed by atoms with E-state index < -0.39 is 0 Å². The van der Waals surface area contributed by atoms with Crippen molar-refractivity contribution in [3.05, 3.63) is 29.9 Å². The molecule has 0 radical (unpaired) electrons. The molecule has 1 fully saturated rings. The topological polar surface area (TPSA) is 44.3 Å². The molecule has 0 atom stereocenters. The van der Waals surface area contributed by atoms with E-state index >= 15 is 0 Å². The lowest BCUT2D eigenvalue weighted by Gasteiger charge is -2.36. The second-order valence-electron chi connectivity index (χ2n) is 5.11. The number of hydrogen-bond donors (Lipinski definition) is 1. The highest BCUT2D eigenvalue weighted by atomic mass is 32.1. The van der Waals surface area contributed by atoms with Gasteiger partial charge in [0.15, 0.2) is 5.13 Å². The van der Waals surface area contributed by atoms with Crippen molar-refractivity contribution in [2.45, 2.75) is 13.3 Å². The number of nitrogens with zero attached hydrogens (tertiary/aromatic N) is 4. The van der Waals surface area contributed by atoms with Crippen molar-refractivity contribution in [2.75, 3.05) is 47.8 Å². The maximum Gasteiger partial charge on any atom is 0.185 e. The third kappa shape index (κ3) is 3.44. The van der Waals surface area contributed by atoms with E-state index in [-0.39, 0.29) is 0 Å². The minimum absolute atomic E-state index is 0.967. The van der Waals surface area contributed by atoms with Crippen molar-refractivity contribution in [3.8, 4) is 0 Å². The van der Waals surface area contributed by atoms with Crippen molar-refractivity contribution in [2.24, 2.45) is 0 Å². The fourth-order valence-corrected chi connectivity index (χ4v) is 3.19. The van der Waals surface area contributed by atoms with E-state index in [0.717, 1.165) is 50.1 Å². The van der Waals surface area contributed by atoms with Crippen LogP contribution in [-0.2, 0) is 0 Å². The number of anilines is 3. The molecule has 2 aromatic rings. The SMILES string of the molecule is CCCNc1cc(N2CCN(c3nccs3)CC2)ccn1. The van der Waals surface area contributed by atoms with Crippen LogP contribution >= 0.6 is 11.3 Å². The first-order chi connectivity index (χ1) is 10.4. The summed E-state index contributed by atoms with van der Waals surface area (Å²) in [5, 5.41) is 6.52. The Labute approximate surface area is 129 Å². The molecule has 21 heavy (non-hydrogen) atoms. The summed E-state index contributed by atoms with van der Waals surface area (Å²) in [6.07, 6.45) is 4.87. The molecule has 3 heterocycles. The predicted molar refractivity (Wildman–Crippen MR) is 89.6 cm³/mol. The van der Waals surface area contributed by atoms with Crippen LogP contribution in [0.3, 0.4) is 0 Å². The molecular formula is C15H21N5S. The minimum atomic E-state index is 0.967. The molecule has 0 unspecified atom stereocenters. The van der Waals surface area contributed by atoms with Gasteiger partial charge in [0.2, 0.25) is 0 Å². The standard InChI is InChI=1S/C15H21N5S/c1-2-4-16-14-12-13(3-5-17-14)19-7-9-20(10-8-19)15-18-6-11-21-15/h3,5-6,11-12H,2,4,7-10H2,1H3,(H,16,17). The molecule has 112 valence electrons. The number of piperazine rings is 1. The maximum absolute atomic E-state index is 4.39. The Morgan fingerprint density at radius 2 is 1.95 bits per heavy atom. The summed E-state index contributed by atoms with van der Waals surface area (Å²) in [4.78, 5) is 13.5. The quantitative estimate of drug-likeness (QED) is 0.920. The monoisotopic (exact) mass is 303 g/mol. The van der Waals surface area contributed by atoms with E-state index in [1.165, 1.54) is 5.69 Å². The Hall–Kier alpha value is -1.82. The van der Waals surface area contributed by atoms with Crippen LogP contribution in [0.5, 0.6) is 0 Å². The summed E-state index contributed by atoms with van der Waals surface area (Å²) in [7, 11) is 0. The first-order valence-corrected chi connectivity index (χ1v) is 8.34. The maximum atomic E-state index is 4.39. The molecule has 2 aromatic heterocycles. The second kappa shape index (κ2) is 6.76. The van der Waals surface area contributed by atoms with Crippen molar-refractivity contribution >= 4 is 28.0 Å². The Morgan fingerprint density at radius 1 is 1.14 bits per heavy atom. The van der Waals surface area contributed by atoms with Gasteiger partial charge in [-0.1, -0.05) is 6.92 Å². The molecule has 0 bridgehead atoms. The van der Waals surface area contributed by atoms with Gasteiger partial charge in [-0.2, -0.15) is 0 Å². The van der Waals surface area contributed by atoms with Crippen LogP contribution in [-0.4, -0.2) is 42.7 Å². The highest BCUT2D eigenvalue weighted by molar-refractivity contribution is 7.13. The van der Waals surface area contributed by atoms with Crippen LogP contribution in [0.4, 0.5) is 16.6 Å². The highest BCUT2D eigenvalue weighted by Gasteiger charge is 2.19. The molecule has 0 saturated carbocycles. The van der Waals surface area contributed by atoms with Gasteiger partial charge < -0.3 is 15.1 Å². The fraction of sp³-hybridized carbons (Fsp3) is 0.467. The lowest BCUT2D eigenvalue weighted by Crippen LogP contribution is -2.46. The summed E-state index contributed by atoms with van der Waals surface area (Å²) >= 11 is 1.71. The van der Waals surface area contributed by atoms with Gasteiger partial charge in [-0.15, -0.1) is 11.3 Å². The number of nitrogens with one attached hydrogen (secondary N) is 1. The summed E-state index contributed by atoms with van der Waals surface area (Å²) in [6.45, 7) is 7.22. The van der Waals surface area contributed by atoms with Crippen molar-refractivity contribution < 1.29 is 0 Å². The van der Waals surface area contributed by atoms with Crippen LogP contribution < -0.4 is 15.1 Å². The van der Waals surface area contributed by atoms with Crippen molar-refractivity contribution in [3.63, 3.8) is 0 Å². The van der Waals surface area contributed by atoms with Gasteiger partial charge in [-0.3, -0.25) is 0 Å². The molecule has 1 aliphatic heterocycles. The van der Waals surface area contributed by atoms with E-state index in [1.54, 1.807) is 11.3 Å². The molecule has 6 heteroatoms. The third-order valence-electron chi connectivity index (χ3n) is 3.63. The van der Waals surface area contributed by atoms with Gasteiger partial charge >= 0.3 is 0 Å². The average Bonchev–Trinajstić information content (AvgIpc) is 3.08. The van der Waals surface area contributed by atoms with Gasteiger partial charge in [0, 0.05) is 62.3 Å². The molecule has 1 N–H and O–H groups in total. The second-order valence-corrected chi connectivity index (χ2v) is 5.99. The van der Waals surface area contributed by atoms with E-state index in [2.05, 4.69) is 44.1 Å². The van der Waals surface area contributed by atoms with Gasteiger partial charge in [0.05, 0.1) is 0 Å². The molecule has 3 rings (SSSR count). The first kappa shape index (κ1) is 14.1. The van der Waals surface area contributed by atoms with Crippen LogP contribution in [0, 0.1) is 0 Å². The third-order valence-corrected chi connectivity index (χ3v) is 4.47. The number of pyridine rings is 1. The number of aromatic nitrogens is 2. The van der Waals surface area contributed by atoms with Crippen LogP contribution in [0.25, 0.3) is 0 Å². The lowest BCUT2D eigenvalue weighted by atomic mass is 10.2. The van der Waals surface area contributed by atoms with Crippen LogP contribution in [0.2, 0.25) is 0 Å². The zero-order valence-corrected chi connectivity index (χ0v) is 13.1. The summed E-state index contributed by atoms with van der Waals surface area (Å²) in [5.41, 5.74) is 1.25. The Bertz CT molecular complexity index is 549. The Balaban J connectivity index is 1.61. The zero-order valence-electron chi connectivity index (χ0n) is 12.3. The molecule has 5 nitrogen and oxygen atoms in total. The van der Waals surface area contributed by atoms with Gasteiger partial charge in [0.1, 0.15) is 5.82 Å². The number of thiazole rings is 1. The smallest absolute Gasteiger partial charge is 0.185 e. The van der Waals surface area contributed by atoms with Crippen molar-refractivity contribution in [1.29, 1.82) is 0 Å². The van der Waals surface area contributed by atoms with E-state index in [4.69, 9.17) is 0 Å². The summed E-state index contributed by atoms with van der Waals surface area (Å²) in [6, 6.07) is 4.24. The molecule has 1 saturated heterocycles. The summed E-state index contributed by atoms with van der Waals surface area (Å²) in [5.74, 6) is 0.969. The van der Waals surface area contributed by atoms with E-state index in [0.29, 0.717) is 0 Å². The predicted octanol–water partition coefficient (Wildman–Crippen LogP) is 2.69. The first-order valence-electron chi connectivity index (χ1n) is 7.46. The van der Waals surface area contributed by atoms with Crippen LogP contribution in [0.1, 0.15) is 13.3 Å². The van der Waals surface area contributed by atoms with E-state index in [9.17, 15) is 0 Å². The largest absolute Gasteiger partial charge is 0.370 e. The molecule has 0 spiro atoms. The minimum Gasteiger partial charge on any atom is -0.370 e. The lowest BCUT2D eigenvalue weighted by molar-refractivity contribution is 0.652. The molecule has 0 aliphatic carbocycles. The Kier molecular flexibility index (Phi) is 4.55. The van der Waals surface area contributed by atoms with Crippen LogP contribution in [0.15, 0.2) is 29.9 Å². The van der Waals surface area contributed by atoms with Gasteiger partial charge in [-0.25, -0.2) is 9.97 Å². The average molecular weight is 303 g/mol. The Morgan fingerprint density at radius 3 is 2.67 bits per heavy atom. The summed E-state index contributed by atoms with van der Waals surface area (Å²) < 4.78 is 0. The van der Waals surface area contributed by atoms with E-state index in [1.807, 2.05) is 17.8 Å². The number of hydrogen-bond acceptors (Lipinski definition) is 6. The highest BCUT2D eigenvalue weighted by Crippen LogP contribution is 2.23. The normalized spacial score (nSPS) is 15.3. The van der Waals surface area contributed by atoms with Gasteiger partial charge in [-0.05, 0) is 12.5 Å². The van der Waals surface area contributed by atoms with Crippen molar-refractivity contribution in [1.82, 2.24) is 9.97 Å². The number of rotatable bonds is 5. The molecule has 0 aromatic carbocycles.